The van der Waals surface area contributed by atoms with Crippen LogP contribution in [-0.4, -0.2) is 48.4 Å². The van der Waals surface area contributed by atoms with Gasteiger partial charge in [0.2, 0.25) is 11.8 Å². The first-order valence-electron chi connectivity index (χ1n) is 10.6. The van der Waals surface area contributed by atoms with Gasteiger partial charge >= 0.3 is 5.69 Å². The molecule has 0 radical (unpaired) electrons. The molecule has 10 heteroatoms. The van der Waals surface area contributed by atoms with Gasteiger partial charge < -0.3 is 9.47 Å². The lowest BCUT2D eigenvalue weighted by Gasteiger charge is -2.26. The molecule has 160 valence electrons. The Balaban J connectivity index is 1.57. The predicted molar refractivity (Wildman–Crippen MR) is 110 cm³/mol. The van der Waals surface area contributed by atoms with Gasteiger partial charge in [0.15, 0.2) is 5.65 Å². The average Bonchev–Trinajstić information content (AvgIpc) is 3.31. The summed E-state index contributed by atoms with van der Waals surface area (Å²) in [6.07, 6.45) is 6.08. The fourth-order valence-corrected chi connectivity index (χ4v) is 4.23. The lowest BCUT2D eigenvalue weighted by atomic mass is 9.96. The second-order valence-corrected chi connectivity index (χ2v) is 8.09. The highest BCUT2D eigenvalue weighted by Crippen LogP contribution is 2.31. The Morgan fingerprint density at radius 3 is 2.77 bits per heavy atom. The number of rotatable bonds is 4. The van der Waals surface area contributed by atoms with Crippen LogP contribution in [-0.2, 0) is 4.74 Å². The minimum atomic E-state index is -0.373. The van der Waals surface area contributed by atoms with Gasteiger partial charge in [-0.2, -0.15) is 9.97 Å². The molecule has 1 aromatic carbocycles. The molecule has 9 nitrogen and oxygen atoms in total. The summed E-state index contributed by atoms with van der Waals surface area (Å²) in [5, 5.41) is 0. The van der Waals surface area contributed by atoms with Crippen molar-refractivity contribution in [3.05, 3.63) is 40.8 Å². The zero-order valence-corrected chi connectivity index (χ0v) is 16.8. The van der Waals surface area contributed by atoms with Gasteiger partial charge in [-0.05, 0) is 44.2 Å². The summed E-state index contributed by atoms with van der Waals surface area (Å²) in [4.78, 5) is 29.4. The van der Waals surface area contributed by atoms with E-state index >= 15 is 0 Å². The fraction of sp³-hybridized carbons (Fsp3) is 0.429. The van der Waals surface area contributed by atoms with Crippen LogP contribution in [0.15, 0.2) is 29.3 Å². The smallest absolute Gasteiger partial charge is 0.328 e. The number of imidazole rings is 2. The monoisotopic (exact) mass is 424 g/mol. The van der Waals surface area contributed by atoms with E-state index < -0.39 is 0 Å². The molecule has 31 heavy (non-hydrogen) atoms. The zero-order valence-electron chi connectivity index (χ0n) is 16.8. The van der Waals surface area contributed by atoms with Gasteiger partial charge in [-0.25, -0.2) is 14.2 Å². The largest absolute Gasteiger partial charge is 0.473 e. The Morgan fingerprint density at radius 1 is 1.16 bits per heavy atom. The first kappa shape index (κ1) is 18.5. The van der Waals surface area contributed by atoms with E-state index in [0.717, 1.165) is 32.1 Å². The summed E-state index contributed by atoms with van der Waals surface area (Å²) < 4.78 is 28.8. The molecule has 1 N–H and O–H groups in total. The van der Waals surface area contributed by atoms with Gasteiger partial charge in [0.25, 0.3) is 0 Å². The minimum absolute atomic E-state index is 0.0220. The van der Waals surface area contributed by atoms with Crippen LogP contribution in [0.2, 0.25) is 0 Å². The molecule has 2 fully saturated rings. The van der Waals surface area contributed by atoms with Gasteiger partial charge in [-0.15, -0.1) is 0 Å². The molecule has 4 aromatic rings. The van der Waals surface area contributed by atoms with E-state index in [-0.39, 0.29) is 29.6 Å². The third-order valence-corrected chi connectivity index (χ3v) is 6.14. The van der Waals surface area contributed by atoms with Crippen LogP contribution in [0.4, 0.5) is 4.39 Å². The molecule has 0 atom stereocenters. The first-order valence-corrected chi connectivity index (χ1v) is 10.6. The highest BCUT2D eigenvalue weighted by molar-refractivity contribution is 5.79. The van der Waals surface area contributed by atoms with Crippen molar-refractivity contribution in [2.45, 2.75) is 44.2 Å². The van der Waals surface area contributed by atoms with Crippen LogP contribution in [0, 0.1) is 5.82 Å². The zero-order chi connectivity index (χ0) is 20.9. The van der Waals surface area contributed by atoms with Crippen molar-refractivity contribution in [1.82, 2.24) is 29.1 Å². The second kappa shape index (κ2) is 7.16. The number of benzene rings is 1. The van der Waals surface area contributed by atoms with Crippen LogP contribution in [0.1, 0.15) is 38.1 Å². The van der Waals surface area contributed by atoms with Gasteiger partial charge in [0.05, 0.1) is 11.0 Å². The Labute approximate surface area is 175 Å². The number of H-pyrrole nitrogens is 1. The maximum Gasteiger partial charge on any atom is 0.328 e. The van der Waals surface area contributed by atoms with Gasteiger partial charge in [-0.1, -0.05) is 0 Å². The van der Waals surface area contributed by atoms with E-state index in [0.29, 0.717) is 41.3 Å². The molecule has 6 rings (SSSR count). The fourth-order valence-electron chi connectivity index (χ4n) is 4.23. The number of fused-ring (bicyclic) bond motifs is 2. The summed E-state index contributed by atoms with van der Waals surface area (Å²) in [6.45, 7) is 1.19. The quantitative estimate of drug-likeness (QED) is 0.541. The molecule has 0 spiro atoms. The van der Waals surface area contributed by atoms with Crippen molar-refractivity contribution < 1.29 is 13.9 Å². The molecule has 0 amide bonds. The van der Waals surface area contributed by atoms with Crippen LogP contribution in [0.25, 0.3) is 28.1 Å². The SMILES string of the molecule is O=c1[nH]c2c(OC3CCC3)nc(-n3cnc4ccc(F)cc43)nc2n1C1CCOCC1. The number of aromatic nitrogens is 6. The molecule has 2 aliphatic rings. The van der Waals surface area contributed by atoms with Gasteiger partial charge in [-0.3, -0.25) is 14.1 Å². The normalized spacial score (nSPS) is 18.0. The number of hydrogen-bond acceptors (Lipinski definition) is 6. The summed E-state index contributed by atoms with van der Waals surface area (Å²) >= 11 is 0. The summed E-state index contributed by atoms with van der Waals surface area (Å²) in [5.74, 6) is 0.252. The number of halogens is 1. The van der Waals surface area contributed by atoms with E-state index in [2.05, 4.69) is 15.0 Å². The van der Waals surface area contributed by atoms with Gasteiger partial charge in [0.1, 0.15) is 23.8 Å². The van der Waals surface area contributed by atoms with Crippen molar-refractivity contribution in [2.75, 3.05) is 13.2 Å². The average molecular weight is 424 g/mol. The number of aromatic amines is 1. The van der Waals surface area contributed by atoms with E-state index in [1.165, 1.54) is 12.1 Å². The Hall–Kier alpha value is -3.27. The highest BCUT2D eigenvalue weighted by atomic mass is 19.1. The molecule has 1 saturated carbocycles. The maximum absolute atomic E-state index is 13.9. The topological polar surface area (TPSA) is 99.9 Å². The van der Waals surface area contributed by atoms with E-state index in [1.807, 2.05) is 0 Å². The summed E-state index contributed by atoms with van der Waals surface area (Å²) in [6, 6.07) is 4.35. The van der Waals surface area contributed by atoms with E-state index in [4.69, 9.17) is 14.5 Å². The van der Waals surface area contributed by atoms with Crippen molar-refractivity contribution in [3.8, 4) is 11.8 Å². The number of nitrogens with one attached hydrogen (secondary N) is 1. The molecule has 1 saturated heterocycles. The van der Waals surface area contributed by atoms with Crippen LogP contribution >= 0.6 is 0 Å². The molecule has 3 aromatic heterocycles. The second-order valence-electron chi connectivity index (χ2n) is 8.09. The van der Waals surface area contributed by atoms with Crippen LogP contribution in [0.3, 0.4) is 0 Å². The number of hydrogen-bond donors (Lipinski definition) is 1. The summed E-state index contributed by atoms with van der Waals surface area (Å²) in [7, 11) is 0. The Kier molecular flexibility index (Phi) is 4.27. The van der Waals surface area contributed by atoms with E-state index in [9.17, 15) is 9.18 Å². The van der Waals surface area contributed by atoms with Crippen LogP contribution < -0.4 is 10.4 Å². The van der Waals surface area contributed by atoms with Crippen molar-refractivity contribution in [3.63, 3.8) is 0 Å². The van der Waals surface area contributed by atoms with Crippen molar-refractivity contribution in [2.24, 2.45) is 0 Å². The van der Waals surface area contributed by atoms with Gasteiger partial charge in [0, 0.05) is 25.3 Å². The number of ether oxygens (including phenoxy) is 2. The molecule has 4 heterocycles. The lowest BCUT2D eigenvalue weighted by Crippen LogP contribution is -2.27. The first-order chi connectivity index (χ1) is 15.2. The Morgan fingerprint density at radius 2 is 2.00 bits per heavy atom. The third kappa shape index (κ3) is 3.09. The standard InChI is InChI=1S/C21H21FN6O3/c22-12-4-5-15-16(10-12)27(11-23-15)20-25-18-17(19(26-20)31-14-2-1-3-14)24-21(29)28(18)13-6-8-30-9-7-13/h4-5,10-11,13-14H,1-3,6-9H2,(H,24,29). The van der Waals surface area contributed by atoms with Crippen molar-refractivity contribution >= 4 is 22.2 Å². The van der Waals surface area contributed by atoms with Crippen LogP contribution in [0.5, 0.6) is 5.88 Å². The molecule has 1 aliphatic carbocycles. The molecule has 0 unspecified atom stereocenters. The predicted octanol–water partition coefficient (Wildman–Crippen LogP) is 2.88. The Bertz CT molecular complexity index is 1330. The van der Waals surface area contributed by atoms with Crippen molar-refractivity contribution in [1.29, 1.82) is 0 Å². The van der Waals surface area contributed by atoms with E-state index in [1.54, 1.807) is 21.5 Å². The number of nitrogens with zero attached hydrogens (tertiary/aromatic N) is 5. The minimum Gasteiger partial charge on any atom is -0.473 e. The summed E-state index contributed by atoms with van der Waals surface area (Å²) in [5.41, 5.74) is 1.90. The molecular formula is C21H21FN6O3. The highest BCUT2D eigenvalue weighted by Gasteiger charge is 2.27. The molecule has 0 bridgehead atoms. The lowest BCUT2D eigenvalue weighted by molar-refractivity contribution is 0.0697. The molecule has 1 aliphatic heterocycles. The molecular weight excluding hydrogens is 403 g/mol. The maximum atomic E-state index is 13.9. The third-order valence-electron chi connectivity index (χ3n) is 6.14.